The van der Waals surface area contributed by atoms with Gasteiger partial charge in [0, 0.05) is 7.11 Å². The lowest BCUT2D eigenvalue weighted by Gasteiger charge is -2.14. The van der Waals surface area contributed by atoms with Gasteiger partial charge in [0.1, 0.15) is 11.9 Å². The van der Waals surface area contributed by atoms with E-state index in [2.05, 4.69) is 0 Å². The van der Waals surface area contributed by atoms with Crippen molar-refractivity contribution < 1.29 is 14.3 Å². The molecule has 0 spiro atoms. The molecule has 1 atom stereocenters. The molecular formula is C13H18O3. The Kier molecular flexibility index (Phi) is 4.99. The Labute approximate surface area is 96.4 Å². The summed E-state index contributed by atoms with van der Waals surface area (Å²) in [5.74, 6) is 0.590. The van der Waals surface area contributed by atoms with Crippen molar-refractivity contribution in [3.05, 3.63) is 29.8 Å². The highest BCUT2D eigenvalue weighted by Crippen LogP contribution is 2.21. The highest BCUT2D eigenvalue weighted by molar-refractivity contribution is 6.01. The van der Waals surface area contributed by atoms with E-state index in [-0.39, 0.29) is 11.9 Å². The summed E-state index contributed by atoms with van der Waals surface area (Å²) in [5, 5.41) is 0. The van der Waals surface area contributed by atoms with E-state index in [0.29, 0.717) is 11.3 Å². The number of para-hydroxylation sites is 1. The molecule has 0 aromatic heterocycles. The number of ether oxygens (including phenoxy) is 2. The van der Waals surface area contributed by atoms with Gasteiger partial charge in [0.05, 0.1) is 12.7 Å². The first-order valence-corrected chi connectivity index (χ1v) is 5.44. The maximum absolute atomic E-state index is 12.1. The van der Waals surface area contributed by atoms with Crippen LogP contribution >= 0.6 is 0 Å². The van der Waals surface area contributed by atoms with Gasteiger partial charge >= 0.3 is 0 Å². The van der Waals surface area contributed by atoms with Crippen LogP contribution in [-0.4, -0.2) is 26.1 Å². The van der Waals surface area contributed by atoms with Crippen LogP contribution in [0.25, 0.3) is 0 Å². The zero-order valence-electron chi connectivity index (χ0n) is 10.0. The zero-order chi connectivity index (χ0) is 12.0. The van der Waals surface area contributed by atoms with Gasteiger partial charge in [-0.2, -0.15) is 0 Å². The van der Waals surface area contributed by atoms with E-state index >= 15 is 0 Å². The van der Waals surface area contributed by atoms with Crippen molar-refractivity contribution in [2.24, 2.45) is 0 Å². The average Bonchev–Trinajstić information content (AvgIpc) is 2.35. The monoisotopic (exact) mass is 222 g/mol. The summed E-state index contributed by atoms with van der Waals surface area (Å²) >= 11 is 0. The molecule has 0 N–H and O–H groups in total. The van der Waals surface area contributed by atoms with Gasteiger partial charge in [0.25, 0.3) is 0 Å². The highest BCUT2D eigenvalue weighted by atomic mass is 16.5. The highest BCUT2D eigenvalue weighted by Gasteiger charge is 2.21. The Bertz CT molecular complexity index is 347. The third-order valence-electron chi connectivity index (χ3n) is 2.50. The predicted octanol–water partition coefficient (Wildman–Crippen LogP) is 2.69. The van der Waals surface area contributed by atoms with Gasteiger partial charge in [-0.1, -0.05) is 25.5 Å². The van der Waals surface area contributed by atoms with Crippen LogP contribution in [0.2, 0.25) is 0 Å². The summed E-state index contributed by atoms with van der Waals surface area (Å²) in [5.41, 5.74) is 0.588. The second-order valence-corrected chi connectivity index (χ2v) is 3.58. The molecule has 1 unspecified atom stereocenters. The number of Topliss-reactive ketones (excluding diaryl/α,β-unsaturated/α-hetero) is 1. The largest absolute Gasteiger partial charge is 0.496 e. The summed E-state index contributed by atoms with van der Waals surface area (Å²) in [6.07, 6.45) is 1.27. The average molecular weight is 222 g/mol. The number of benzene rings is 1. The van der Waals surface area contributed by atoms with Crippen molar-refractivity contribution in [2.75, 3.05) is 14.2 Å². The summed E-state index contributed by atoms with van der Waals surface area (Å²) in [6.45, 7) is 2.03. The van der Waals surface area contributed by atoms with Crippen LogP contribution in [0.15, 0.2) is 24.3 Å². The lowest BCUT2D eigenvalue weighted by atomic mass is 10.0. The van der Waals surface area contributed by atoms with E-state index in [0.717, 1.165) is 12.8 Å². The molecule has 1 aromatic rings. The molecule has 0 radical (unpaired) electrons. The van der Waals surface area contributed by atoms with E-state index < -0.39 is 0 Å². The topological polar surface area (TPSA) is 35.5 Å². The van der Waals surface area contributed by atoms with Crippen molar-refractivity contribution in [1.29, 1.82) is 0 Å². The molecule has 0 fully saturated rings. The standard InChI is InChI=1S/C13H18O3/c1-4-7-12(16-3)13(14)10-8-5-6-9-11(10)15-2/h5-6,8-9,12H,4,7H2,1-3H3. The first-order valence-electron chi connectivity index (χ1n) is 5.44. The van der Waals surface area contributed by atoms with Crippen LogP contribution in [0.5, 0.6) is 5.75 Å². The van der Waals surface area contributed by atoms with Crippen molar-refractivity contribution in [3.8, 4) is 5.75 Å². The number of rotatable bonds is 6. The van der Waals surface area contributed by atoms with Crippen molar-refractivity contribution in [1.82, 2.24) is 0 Å². The van der Waals surface area contributed by atoms with Gasteiger partial charge in [-0.15, -0.1) is 0 Å². The Hall–Kier alpha value is -1.35. The maximum atomic E-state index is 12.1. The Morgan fingerprint density at radius 2 is 2.00 bits per heavy atom. The van der Waals surface area contributed by atoms with Crippen LogP contribution < -0.4 is 4.74 Å². The van der Waals surface area contributed by atoms with Gasteiger partial charge in [-0.3, -0.25) is 4.79 Å². The normalized spacial score (nSPS) is 12.2. The van der Waals surface area contributed by atoms with Crippen molar-refractivity contribution in [2.45, 2.75) is 25.9 Å². The molecular weight excluding hydrogens is 204 g/mol. The van der Waals surface area contributed by atoms with Gasteiger partial charge < -0.3 is 9.47 Å². The fourth-order valence-corrected chi connectivity index (χ4v) is 1.64. The van der Waals surface area contributed by atoms with Crippen LogP contribution in [-0.2, 0) is 4.74 Å². The zero-order valence-corrected chi connectivity index (χ0v) is 10.0. The van der Waals surface area contributed by atoms with Gasteiger partial charge in [-0.05, 0) is 18.6 Å². The van der Waals surface area contributed by atoms with E-state index in [1.807, 2.05) is 19.1 Å². The van der Waals surface area contributed by atoms with Gasteiger partial charge in [-0.25, -0.2) is 0 Å². The maximum Gasteiger partial charge on any atom is 0.195 e. The van der Waals surface area contributed by atoms with Crippen LogP contribution in [0.4, 0.5) is 0 Å². The number of methoxy groups -OCH3 is 2. The molecule has 0 heterocycles. The minimum absolute atomic E-state index is 0.0122. The van der Waals surface area contributed by atoms with Crippen LogP contribution in [0.1, 0.15) is 30.1 Å². The molecule has 0 aliphatic carbocycles. The van der Waals surface area contributed by atoms with E-state index in [1.54, 1.807) is 26.4 Å². The minimum atomic E-state index is -0.374. The summed E-state index contributed by atoms with van der Waals surface area (Å²) in [4.78, 5) is 12.1. The lowest BCUT2D eigenvalue weighted by Crippen LogP contribution is -2.23. The first-order chi connectivity index (χ1) is 7.74. The smallest absolute Gasteiger partial charge is 0.195 e. The number of ketones is 1. The second-order valence-electron chi connectivity index (χ2n) is 3.58. The molecule has 0 amide bonds. The van der Waals surface area contributed by atoms with Gasteiger partial charge in [0.2, 0.25) is 0 Å². The predicted molar refractivity (Wildman–Crippen MR) is 63.0 cm³/mol. The first kappa shape index (κ1) is 12.7. The van der Waals surface area contributed by atoms with Crippen molar-refractivity contribution >= 4 is 5.78 Å². The Balaban J connectivity index is 2.93. The molecule has 0 aliphatic heterocycles. The van der Waals surface area contributed by atoms with E-state index in [1.165, 1.54) is 0 Å². The lowest BCUT2D eigenvalue weighted by molar-refractivity contribution is 0.0576. The fourth-order valence-electron chi connectivity index (χ4n) is 1.64. The third-order valence-corrected chi connectivity index (χ3v) is 2.50. The molecule has 0 aliphatic rings. The number of hydrogen-bond acceptors (Lipinski definition) is 3. The van der Waals surface area contributed by atoms with Crippen LogP contribution in [0, 0.1) is 0 Å². The molecule has 88 valence electrons. The van der Waals surface area contributed by atoms with E-state index in [4.69, 9.17) is 9.47 Å². The summed E-state index contributed by atoms with van der Waals surface area (Å²) in [6, 6.07) is 7.22. The van der Waals surface area contributed by atoms with E-state index in [9.17, 15) is 4.79 Å². The third kappa shape index (κ3) is 2.83. The summed E-state index contributed by atoms with van der Waals surface area (Å²) in [7, 11) is 3.13. The molecule has 0 saturated carbocycles. The molecule has 3 heteroatoms. The molecule has 1 aromatic carbocycles. The fraction of sp³-hybridized carbons (Fsp3) is 0.462. The van der Waals surface area contributed by atoms with Crippen molar-refractivity contribution in [3.63, 3.8) is 0 Å². The second kappa shape index (κ2) is 6.28. The molecule has 0 saturated heterocycles. The van der Waals surface area contributed by atoms with Gasteiger partial charge in [0.15, 0.2) is 5.78 Å². The molecule has 1 rings (SSSR count). The number of carbonyl (C=O) groups is 1. The summed E-state index contributed by atoms with van der Waals surface area (Å²) < 4.78 is 10.4. The molecule has 3 nitrogen and oxygen atoms in total. The number of hydrogen-bond donors (Lipinski definition) is 0. The Morgan fingerprint density at radius 1 is 1.31 bits per heavy atom. The quantitative estimate of drug-likeness (QED) is 0.694. The number of carbonyl (C=O) groups excluding carboxylic acids is 1. The van der Waals surface area contributed by atoms with Crippen LogP contribution in [0.3, 0.4) is 0 Å². The SMILES string of the molecule is CCCC(OC)C(=O)c1ccccc1OC. The minimum Gasteiger partial charge on any atom is -0.496 e. The Morgan fingerprint density at radius 3 is 2.56 bits per heavy atom. The molecule has 16 heavy (non-hydrogen) atoms. The molecule has 0 bridgehead atoms.